The Morgan fingerprint density at radius 1 is 1.14 bits per heavy atom. The number of halogens is 1. The van der Waals surface area contributed by atoms with E-state index in [1.54, 1.807) is 0 Å². The molecule has 1 saturated carbocycles. The van der Waals surface area contributed by atoms with Crippen molar-refractivity contribution < 1.29 is 0 Å². The standard InChI is InChI=1S/C17H34N4.HI/c1-14(2)12-16(21-10-6-7-11-21)13-19-17(18-3)20-15-8-4-5-9-15;/h14-16H,4-13H2,1-3H3,(H2,18,19,20);1H. The van der Waals surface area contributed by atoms with Crippen molar-refractivity contribution in [3.63, 3.8) is 0 Å². The molecule has 2 N–H and O–H groups in total. The van der Waals surface area contributed by atoms with Crippen molar-refractivity contribution in [3.8, 4) is 0 Å². The van der Waals surface area contributed by atoms with E-state index in [1.165, 1.54) is 58.0 Å². The summed E-state index contributed by atoms with van der Waals surface area (Å²) < 4.78 is 0. The summed E-state index contributed by atoms with van der Waals surface area (Å²) >= 11 is 0. The first kappa shape index (κ1) is 20.0. The zero-order valence-corrected chi connectivity index (χ0v) is 16.9. The van der Waals surface area contributed by atoms with Gasteiger partial charge in [0, 0.05) is 25.7 Å². The van der Waals surface area contributed by atoms with Gasteiger partial charge in [-0.15, -0.1) is 24.0 Å². The van der Waals surface area contributed by atoms with E-state index in [1.807, 2.05) is 7.05 Å². The lowest BCUT2D eigenvalue weighted by molar-refractivity contribution is 0.212. The molecule has 2 rings (SSSR count). The van der Waals surface area contributed by atoms with E-state index in [0.717, 1.165) is 18.4 Å². The van der Waals surface area contributed by atoms with Gasteiger partial charge in [0.05, 0.1) is 0 Å². The molecular weight excluding hydrogens is 387 g/mol. The van der Waals surface area contributed by atoms with Crippen molar-refractivity contribution in [1.82, 2.24) is 15.5 Å². The number of hydrogen-bond donors (Lipinski definition) is 2. The predicted octanol–water partition coefficient (Wildman–Crippen LogP) is 3.22. The third-order valence-corrected chi connectivity index (χ3v) is 4.83. The Bertz CT molecular complexity index is 321. The van der Waals surface area contributed by atoms with E-state index >= 15 is 0 Å². The molecule has 1 aliphatic carbocycles. The van der Waals surface area contributed by atoms with Crippen molar-refractivity contribution in [2.75, 3.05) is 26.7 Å². The SMILES string of the molecule is CN=C(NCC(CC(C)C)N1CCCC1)NC1CCCC1.I. The lowest BCUT2D eigenvalue weighted by Gasteiger charge is -2.30. The van der Waals surface area contributed by atoms with Gasteiger partial charge in [-0.25, -0.2) is 0 Å². The minimum absolute atomic E-state index is 0. The van der Waals surface area contributed by atoms with Gasteiger partial charge >= 0.3 is 0 Å². The summed E-state index contributed by atoms with van der Waals surface area (Å²) in [6.45, 7) is 8.22. The van der Waals surface area contributed by atoms with Crippen molar-refractivity contribution >= 4 is 29.9 Å². The van der Waals surface area contributed by atoms with E-state index in [9.17, 15) is 0 Å². The first-order valence-electron chi connectivity index (χ1n) is 8.90. The van der Waals surface area contributed by atoms with Crippen LogP contribution >= 0.6 is 24.0 Å². The maximum Gasteiger partial charge on any atom is 0.191 e. The first-order chi connectivity index (χ1) is 10.2. The fourth-order valence-corrected chi connectivity index (χ4v) is 3.69. The van der Waals surface area contributed by atoms with Crippen LogP contribution in [0.25, 0.3) is 0 Å². The molecule has 1 heterocycles. The average molecular weight is 422 g/mol. The average Bonchev–Trinajstić information content (AvgIpc) is 3.14. The van der Waals surface area contributed by atoms with Crippen molar-refractivity contribution in [2.45, 2.75) is 70.9 Å². The van der Waals surface area contributed by atoms with Gasteiger partial charge < -0.3 is 10.6 Å². The summed E-state index contributed by atoms with van der Waals surface area (Å²) in [6.07, 6.45) is 9.31. The molecule has 0 radical (unpaired) electrons. The highest BCUT2D eigenvalue weighted by atomic mass is 127. The first-order valence-corrected chi connectivity index (χ1v) is 8.90. The summed E-state index contributed by atoms with van der Waals surface area (Å²) in [6, 6.07) is 1.28. The van der Waals surface area contributed by atoms with Gasteiger partial charge in [-0.1, -0.05) is 26.7 Å². The van der Waals surface area contributed by atoms with Gasteiger partial charge in [-0.05, 0) is 51.1 Å². The van der Waals surface area contributed by atoms with Crippen LogP contribution in [0.5, 0.6) is 0 Å². The number of guanidine groups is 1. The van der Waals surface area contributed by atoms with Gasteiger partial charge in [0.2, 0.25) is 0 Å². The molecule has 1 saturated heterocycles. The molecule has 0 aromatic carbocycles. The van der Waals surface area contributed by atoms with E-state index in [0.29, 0.717) is 12.1 Å². The second-order valence-electron chi connectivity index (χ2n) is 7.11. The van der Waals surface area contributed by atoms with Gasteiger partial charge in [0.25, 0.3) is 0 Å². The molecule has 1 unspecified atom stereocenters. The largest absolute Gasteiger partial charge is 0.355 e. The van der Waals surface area contributed by atoms with E-state index in [-0.39, 0.29) is 24.0 Å². The molecule has 2 fully saturated rings. The molecular formula is C17H35IN4. The zero-order valence-electron chi connectivity index (χ0n) is 14.6. The number of nitrogens with zero attached hydrogens (tertiary/aromatic N) is 2. The molecule has 1 atom stereocenters. The predicted molar refractivity (Wildman–Crippen MR) is 106 cm³/mol. The van der Waals surface area contributed by atoms with Gasteiger partial charge in [-0.3, -0.25) is 9.89 Å². The monoisotopic (exact) mass is 422 g/mol. The second-order valence-corrected chi connectivity index (χ2v) is 7.11. The van der Waals surface area contributed by atoms with Crippen molar-refractivity contribution in [1.29, 1.82) is 0 Å². The summed E-state index contributed by atoms with van der Waals surface area (Å²) in [4.78, 5) is 7.07. The molecule has 0 spiro atoms. The minimum atomic E-state index is 0. The fourth-order valence-electron chi connectivity index (χ4n) is 3.69. The van der Waals surface area contributed by atoms with Crippen LogP contribution in [0, 0.1) is 5.92 Å². The number of hydrogen-bond acceptors (Lipinski definition) is 2. The fraction of sp³-hybridized carbons (Fsp3) is 0.941. The summed E-state index contributed by atoms with van der Waals surface area (Å²) in [7, 11) is 1.89. The Balaban J connectivity index is 0.00000242. The van der Waals surface area contributed by atoms with Gasteiger partial charge in [0.15, 0.2) is 5.96 Å². The highest BCUT2D eigenvalue weighted by Gasteiger charge is 2.23. The van der Waals surface area contributed by atoms with E-state index < -0.39 is 0 Å². The van der Waals surface area contributed by atoms with Gasteiger partial charge in [0.1, 0.15) is 0 Å². The molecule has 0 aromatic heterocycles. The van der Waals surface area contributed by atoms with Crippen LogP contribution < -0.4 is 10.6 Å². The highest BCUT2D eigenvalue weighted by molar-refractivity contribution is 14.0. The van der Waals surface area contributed by atoms with Crippen LogP contribution in [0.4, 0.5) is 0 Å². The molecule has 5 heteroatoms. The quantitative estimate of drug-likeness (QED) is 0.392. The highest BCUT2D eigenvalue weighted by Crippen LogP contribution is 2.18. The van der Waals surface area contributed by atoms with Crippen molar-refractivity contribution in [3.05, 3.63) is 0 Å². The lowest BCUT2D eigenvalue weighted by atomic mass is 10.0. The minimum Gasteiger partial charge on any atom is -0.355 e. The Hall–Kier alpha value is -0.0400. The number of likely N-dealkylation sites (tertiary alicyclic amines) is 1. The number of aliphatic imine (C=N–C) groups is 1. The molecule has 2 aliphatic rings. The third-order valence-electron chi connectivity index (χ3n) is 4.83. The lowest BCUT2D eigenvalue weighted by Crippen LogP contribution is -2.48. The van der Waals surface area contributed by atoms with Crippen LogP contribution in [0.2, 0.25) is 0 Å². The van der Waals surface area contributed by atoms with Gasteiger partial charge in [-0.2, -0.15) is 0 Å². The smallest absolute Gasteiger partial charge is 0.191 e. The van der Waals surface area contributed by atoms with Crippen LogP contribution in [-0.4, -0.2) is 49.6 Å². The van der Waals surface area contributed by atoms with Crippen molar-refractivity contribution in [2.24, 2.45) is 10.9 Å². The van der Waals surface area contributed by atoms with E-state index in [2.05, 4.69) is 34.4 Å². The summed E-state index contributed by atoms with van der Waals surface area (Å²) in [5.41, 5.74) is 0. The third kappa shape index (κ3) is 6.60. The van der Waals surface area contributed by atoms with Crippen LogP contribution in [-0.2, 0) is 0 Å². The molecule has 130 valence electrons. The summed E-state index contributed by atoms with van der Waals surface area (Å²) in [5.74, 6) is 1.75. The number of nitrogens with one attached hydrogen (secondary N) is 2. The van der Waals surface area contributed by atoms with Crippen LogP contribution in [0.1, 0.15) is 58.8 Å². The Morgan fingerprint density at radius 3 is 2.32 bits per heavy atom. The Morgan fingerprint density at radius 2 is 1.77 bits per heavy atom. The second kappa shape index (κ2) is 10.7. The molecule has 4 nitrogen and oxygen atoms in total. The maximum absolute atomic E-state index is 4.41. The van der Waals surface area contributed by atoms with Crippen LogP contribution in [0.3, 0.4) is 0 Å². The Labute approximate surface area is 153 Å². The number of rotatable bonds is 6. The topological polar surface area (TPSA) is 39.7 Å². The molecule has 0 bridgehead atoms. The van der Waals surface area contributed by atoms with Crippen LogP contribution in [0.15, 0.2) is 4.99 Å². The molecule has 0 amide bonds. The zero-order chi connectivity index (χ0) is 15.1. The molecule has 0 aromatic rings. The summed E-state index contributed by atoms with van der Waals surface area (Å²) in [5, 5.41) is 7.16. The normalized spacial score (nSPS) is 21.9. The molecule has 1 aliphatic heterocycles. The maximum atomic E-state index is 4.41. The van der Waals surface area contributed by atoms with E-state index in [4.69, 9.17) is 0 Å². The molecule has 22 heavy (non-hydrogen) atoms. The Kier molecular flexibility index (Phi) is 9.71.